The molecule has 1 aromatic heterocycles. The van der Waals surface area contributed by atoms with Crippen LogP contribution in [0.1, 0.15) is 16.1 Å². The first kappa shape index (κ1) is 19.9. The van der Waals surface area contributed by atoms with E-state index < -0.39 is 0 Å². The van der Waals surface area contributed by atoms with Gasteiger partial charge in [-0.3, -0.25) is 9.59 Å². The Morgan fingerprint density at radius 2 is 1.69 bits per heavy atom. The van der Waals surface area contributed by atoms with E-state index in [0.717, 1.165) is 5.75 Å². The van der Waals surface area contributed by atoms with Gasteiger partial charge in [-0.2, -0.15) is 0 Å². The maximum Gasteiger partial charge on any atom is 0.270 e. The van der Waals surface area contributed by atoms with Gasteiger partial charge in [-0.15, -0.1) is 0 Å². The highest BCUT2D eigenvalue weighted by atomic mass is 16.5. The van der Waals surface area contributed by atoms with Crippen LogP contribution < -0.4 is 10.1 Å². The van der Waals surface area contributed by atoms with Gasteiger partial charge < -0.3 is 19.4 Å². The second-order valence-electron chi connectivity index (χ2n) is 6.28. The van der Waals surface area contributed by atoms with Gasteiger partial charge in [0.15, 0.2) is 0 Å². The number of benzene rings is 2. The van der Waals surface area contributed by atoms with E-state index in [2.05, 4.69) is 5.32 Å². The predicted molar refractivity (Wildman–Crippen MR) is 110 cm³/mol. The Morgan fingerprint density at radius 3 is 2.34 bits per heavy atom. The molecule has 2 aromatic carbocycles. The van der Waals surface area contributed by atoms with Crippen LogP contribution in [0.25, 0.3) is 6.08 Å². The third-order valence-electron chi connectivity index (χ3n) is 4.13. The number of para-hydroxylation sites is 1. The van der Waals surface area contributed by atoms with Crippen LogP contribution in [0.15, 0.2) is 89.2 Å². The van der Waals surface area contributed by atoms with E-state index in [1.54, 1.807) is 43.4 Å². The molecule has 0 spiro atoms. The monoisotopic (exact) mass is 390 g/mol. The molecule has 29 heavy (non-hydrogen) atoms. The molecule has 0 aliphatic carbocycles. The molecular formula is C23H22N2O4. The van der Waals surface area contributed by atoms with Crippen molar-refractivity contribution in [2.75, 3.05) is 20.2 Å². The van der Waals surface area contributed by atoms with Crippen LogP contribution in [0.3, 0.4) is 0 Å². The topological polar surface area (TPSA) is 71.8 Å². The number of nitrogens with zero attached hydrogens (tertiary/aromatic N) is 1. The number of furan rings is 1. The van der Waals surface area contributed by atoms with E-state index in [-0.39, 0.29) is 17.5 Å². The summed E-state index contributed by atoms with van der Waals surface area (Å²) in [5.74, 6) is 0.487. The summed E-state index contributed by atoms with van der Waals surface area (Å²) in [6.07, 6.45) is 3.02. The second-order valence-corrected chi connectivity index (χ2v) is 6.28. The molecule has 6 nitrogen and oxygen atoms in total. The minimum Gasteiger partial charge on any atom is -0.492 e. The molecule has 1 N–H and O–H groups in total. The molecule has 3 aromatic rings. The number of carbonyl (C=O) groups is 2. The third-order valence-corrected chi connectivity index (χ3v) is 4.13. The lowest BCUT2D eigenvalue weighted by Gasteiger charge is -2.19. The fraction of sp³-hybridized carbons (Fsp3) is 0.130. The highest BCUT2D eigenvalue weighted by Crippen LogP contribution is 2.11. The number of amides is 2. The number of rotatable bonds is 8. The summed E-state index contributed by atoms with van der Waals surface area (Å²) in [6, 6.07) is 21.5. The first-order chi connectivity index (χ1) is 14.1. The Hall–Kier alpha value is -3.80. The molecule has 0 aliphatic heterocycles. The van der Waals surface area contributed by atoms with E-state index in [4.69, 9.17) is 9.15 Å². The van der Waals surface area contributed by atoms with Crippen LogP contribution in [0.4, 0.5) is 0 Å². The molecular weight excluding hydrogens is 368 g/mol. The normalized spacial score (nSPS) is 11.0. The Kier molecular flexibility index (Phi) is 6.84. The average molecular weight is 390 g/mol. The van der Waals surface area contributed by atoms with E-state index in [1.165, 1.54) is 17.2 Å². The van der Waals surface area contributed by atoms with Gasteiger partial charge in [0, 0.05) is 18.7 Å². The van der Waals surface area contributed by atoms with Crippen molar-refractivity contribution in [2.45, 2.75) is 0 Å². The van der Waals surface area contributed by atoms with Gasteiger partial charge in [-0.25, -0.2) is 0 Å². The minimum atomic E-state index is -0.370. The van der Waals surface area contributed by atoms with Crippen molar-refractivity contribution in [1.82, 2.24) is 10.2 Å². The molecule has 0 radical (unpaired) electrons. The van der Waals surface area contributed by atoms with Crippen LogP contribution in [0, 0.1) is 0 Å². The zero-order chi connectivity index (χ0) is 20.5. The fourth-order valence-electron chi connectivity index (χ4n) is 2.58. The molecule has 6 heteroatoms. The van der Waals surface area contributed by atoms with Crippen molar-refractivity contribution in [3.63, 3.8) is 0 Å². The Morgan fingerprint density at radius 1 is 1.00 bits per heavy atom. The SMILES string of the molecule is CN(CCOc1ccccc1)C(=O)/C(=C/c1ccco1)NC(=O)c1ccccc1. The average Bonchev–Trinajstić information content (AvgIpc) is 3.27. The van der Waals surface area contributed by atoms with Crippen LogP contribution >= 0.6 is 0 Å². The van der Waals surface area contributed by atoms with Crippen molar-refractivity contribution in [2.24, 2.45) is 0 Å². The summed E-state index contributed by atoms with van der Waals surface area (Å²) < 4.78 is 10.9. The summed E-state index contributed by atoms with van der Waals surface area (Å²) >= 11 is 0. The van der Waals surface area contributed by atoms with Crippen molar-refractivity contribution in [3.05, 3.63) is 96.1 Å². The minimum absolute atomic E-state index is 0.121. The Balaban J connectivity index is 1.67. The summed E-state index contributed by atoms with van der Waals surface area (Å²) in [5.41, 5.74) is 0.580. The quantitative estimate of drug-likeness (QED) is 0.597. The summed E-state index contributed by atoms with van der Waals surface area (Å²) in [6.45, 7) is 0.678. The number of hydrogen-bond acceptors (Lipinski definition) is 4. The fourth-order valence-corrected chi connectivity index (χ4v) is 2.58. The molecule has 1 heterocycles. The molecule has 0 atom stereocenters. The maximum absolute atomic E-state index is 12.9. The van der Waals surface area contributed by atoms with E-state index in [0.29, 0.717) is 24.5 Å². The predicted octanol–water partition coefficient (Wildman–Crippen LogP) is 3.59. The van der Waals surface area contributed by atoms with Gasteiger partial charge in [-0.05, 0) is 36.4 Å². The number of hydrogen-bond donors (Lipinski definition) is 1. The summed E-state index contributed by atoms with van der Waals surface area (Å²) in [5, 5.41) is 2.69. The number of carbonyl (C=O) groups excluding carboxylic acids is 2. The Labute approximate surface area is 169 Å². The van der Waals surface area contributed by atoms with Gasteiger partial charge in [0.05, 0.1) is 12.8 Å². The first-order valence-electron chi connectivity index (χ1n) is 9.18. The second kappa shape index (κ2) is 9.94. The zero-order valence-electron chi connectivity index (χ0n) is 16.1. The number of nitrogens with one attached hydrogen (secondary N) is 1. The highest BCUT2D eigenvalue weighted by molar-refractivity contribution is 6.05. The molecule has 0 bridgehead atoms. The molecule has 0 saturated carbocycles. The van der Waals surface area contributed by atoms with Crippen molar-refractivity contribution < 1.29 is 18.7 Å². The number of likely N-dealkylation sites (N-methyl/N-ethyl adjacent to an activating group) is 1. The summed E-state index contributed by atoms with van der Waals surface area (Å²) in [4.78, 5) is 26.9. The summed E-state index contributed by atoms with van der Waals surface area (Å²) in [7, 11) is 1.65. The lowest BCUT2D eigenvalue weighted by atomic mass is 10.2. The lowest BCUT2D eigenvalue weighted by molar-refractivity contribution is -0.126. The van der Waals surface area contributed by atoms with Gasteiger partial charge in [0.1, 0.15) is 23.8 Å². The van der Waals surface area contributed by atoms with Crippen LogP contribution in [0.5, 0.6) is 5.75 Å². The van der Waals surface area contributed by atoms with Crippen LogP contribution in [0.2, 0.25) is 0 Å². The van der Waals surface area contributed by atoms with Crippen molar-refractivity contribution in [1.29, 1.82) is 0 Å². The van der Waals surface area contributed by atoms with E-state index in [9.17, 15) is 9.59 Å². The molecule has 0 aliphatic rings. The molecule has 0 saturated heterocycles. The Bertz CT molecular complexity index is 951. The van der Waals surface area contributed by atoms with E-state index >= 15 is 0 Å². The molecule has 148 valence electrons. The van der Waals surface area contributed by atoms with Crippen LogP contribution in [-0.2, 0) is 4.79 Å². The zero-order valence-corrected chi connectivity index (χ0v) is 16.1. The van der Waals surface area contributed by atoms with Crippen LogP contribution in [-0.4, -0.2) is 36.9 Å². The standard InChI is InChI=1S/C23H22N2O4/c1-25(14-16-29-19-11-6-3-7-12-19)23(27)21(17-20-13-8-15-28-20)24-22(26)18-9-4-2-5-10-18/h2-13,15,17H,14,16H2,1H3,(H,24,26)/b21-17-. The largest absolute Gasteiger partial charge is 0.492 e. The van der Waals surface area contributed by atoms with Gasteiger partial charge in [0.25, 0.3) is 11.8 Å². The first-order valence-corrected chi connectivity index (χ1v) is 9.18. The molecule has 2 amide bonds. The van der Waals surface area contributed by atoms with Crippen molar-refractivity contribution >= 4 is 17.9 Å². The third kappa shape index (κ3) is 5.84. The highest BCUT2D eigenvalue weighted by Gasteiger charge is 2.19. The molecule has 3 rings (SSSR count). The van der Waals surface area contributed by atoms with E-state index in [1.807, 2.05) is 36.4 Å². The van der Waals surface area contributed by atoms with Gasteiger partial charge >= 0.3 is 0 Å². The lowest BCUT2D eigenvalue weighted by Crippen LogP contribution is -2.38. The van der Waals surface area contributed by atoms with Gasteiger partial charge in [-0.1, -0.05) is 36.4 Å². The molecule has 0 fully saturated rings. The van der Waals surface area contributed by atoms with Gasteiger partial charge in [0.2, 0.25) is 0 Å². The number of ether oxygens (including phenoxy) is 1. The maximum atomic E-state index is 12.9. The smallest absolute Gasteiger partial charge is 0.270 e. The van der Waals surface area contributed by atoms with Crippen molar-refractivity contribution in [3.8, 4) is 5.75 Å². The molecule has 0 unspecified atom stereocenters.